The summed E-state index contributed by atoms with van der Waals surface area (Å²) in [5, 5.41) is 6.05. The summed E-state index contributed by atoms with van der Waals surface area (Å²) >= 11 is 0. The lowest BCUT2D eigenvalue weighted by Gasteiger charge is -2.29. The van der Waals surface area contributed by atoms with E-state index in [9.17, 15) is 4.79 Å². The normalized spacial score (nSPS) is 23.5. The second-order valence-corrected chi connectivity index (χ2v) is 4.33. The van der Waals surface area contributed by atoms with E-state index in [0.29, 0.717) is 6.42 Å². The molecule has 0 aromatic rings. The van der Waals surface area contributed by atoms with E-state index in [2.05, 4.69) is 16.1 Å². The Labute approximate surface area is 102 Å². The molecule has 5 heteroatoms. The van der Waals surface area contributed by atoms with Crippen molar-refractivity contribution >= 4 is 5.97 Å². The summed E-state index contributed by atoms with van der Waals surface area (Å²) in [6.45, 7) is 3.82. The van der Waals surface area contributed by atoms with Gasteiger partial charge in [0.1, 0.15) is 5.54 Å². The van der Waals surface area contributed by atoms with E-state index in [0.717, 1.165) is 5.70 Å². The van der Waals surface area contributed by atoms with Gasteiger partial charge in [0, 0.05) is 25.2 Å². The van der Waals surface area contributed by atoms with Gasteiger partial charge in [-0.05, 0) is 27.0 Å². The minimum Gasteiger partial charge on any atom is -0.388 e. The molecule has 0 amide bonds. The number of carbonyl (C=O) groups is 1. The van der Waals surface area contributed by atoms with Gasteiger partial charge >= 0.3 is 5.97 Å². The molecule has 3 N–H and O–H groups in total. The fraction of sp³-hybridized carbons (Fsp3) is 0.583. The van der Waals surface area contributed by atoms with Crippen LogP contribution in [0, 0.1) is 0 Å². The van der Waals surface area contributed by atoms with Crippen LogP contribution in [-0.4, -0.2) is 31.6 Å². The third kappa shape index (κ3) is 3.31. The molecule has 1 rings (SSSR count). The van der Waals surface area contributed by atoms with Crippen LogP contribution in [0.5, 0.6) is 0 Å². The van der Waals surface area contributed by atoms with E-state index in [1.54, 1.807) is 7.05 Å². The standard InChI is InChI=1S/C12H21N3O2/c1-9(2)15-17-11(16)12(14-4)7-5-10(13-3)6-8-12/h5-7,9,13-15H,8H2,1-4H3. The van der Waals surface area contributed by atoms with Gasteiger partial charge in [-0.2, -0.15) is 5.48 Å². The lowest BCUT2D eigenvalue weighted by molar-refractivity contribution is -0.158. The molecule has 1 atom stereocenters. The van der Waals surface area contributed by atoms with Crippen molar-refractivity contribution in [3.05, 3.63) is 23.9 Å². The van der Waals surface area contributed by atoms with Gasteiger partial charge in [0.25, 0.3) is 0 Å². The zero-order valence-corrected chi connectivity index (χ0v) is 10.8. The third-order valence-electron chi connectivity index (χ3n) is 2.68. The molecule has 17 heavy (non-hydrogen) atoms. The summed E-state index contributed by atoms with van der Waals surface area (Å²) in [4.78, 5) is 17.1. The molecule has 0 aliphatic heterocycles. The van der Waals surface area contributed by atoms with Crippen molar-refractivity contribution in [3.8, 4) is 0 Å². The summed E-state index contributed by atoms with van der Waals surface area (Å²) in [6, 6.07) is 0.101. The second kappa shape index (κ2) is 5.84. The molecular formula is C12H21N3O2. The molecule has 0 spiro atoms. The predicted octanol–water partition coefficient (Wildman–Crippen LogP) is 0.464. The molecule has 96 valence electrons. The molecule has 0 bridgehead atoms. The van der Waals surface area contributed by atoms with Crippen LogP contribution < -0.4 is 16.1 Å². The smallest absolute Gasteiger partial charge is 0.349 e. The SMILES string of the molecule is CNC1=CCC(NC)(C(=O)ONC(C)C)C=C1. The number of allylic oxidation sites excluding steroid dienone is 1. The highest BCUT2D eigenvalue weighted by molar-refractivity contribution is 5.84. The number of nitrogens with one attached hydrogen (secondary N) is 3. The number of rotatable bonds is 5. The van der Waals surface area contributed by atoms with Crippen molar-refractivity contribution in [3.63, 3.8) is 0 Å². The van der Waals surface area contributed by atoms with Gasteiger partial charge in [-0.25, -0.2) is 4.79 Å². The molecule has 0 saturated carbocycles. The molecule has 1 aliphatic rings. The molecular weight excluding hydrogens is 218 g/mol. The Morgan fingerprint density at radius 2 is 2.18 bits per heavy atom. The topological polar surface area (TPSA) is 62.4 Å². The van der Waals surface area contributed by atoms with Crippen LogP contribution in [0.25, 0.3) is 0 Å². The van der Waals surface area contributed by atoms with E-state index in [1.165, 1.54) is 0 Å². The number of hydrogen-bond acceptors (Lipinski definition) is 5. The molecule has 0 saturated heterocycles. The van der Waals surface area contributed by atoms with Crippen molar-refractivity contribution < 1.29 is 9.63 Å². The molecule has 1 aliphatic carbocycles. The van der Waals surface area contributed by atoms with Crippen LogP contribution in [0.3, 0.4) is 0 Å². The first-order valence-electron chi connectivity index (χ1n) is 5.77. The minimum absolute atomic E-state index is 0.101. The van der Waals surface area contributed by atoms with Crippen LogP contribution in [0.1, 0.15) is 20.3 Å². The van der Waals surface area contributed by atoms with Gasteiger partial charge in [0.2, 0.25) is 0 Å². The van der Waals surface area contributed by atoms with Crippen molar-refractivity contribution in [1.82, 2.24) is 16.1 Å². The Kier molecular flexibility index (Phi) is 4.72. The quantitative estimate of drug-likeness (QED) is 0.609. The third-order valence-corrected chi connectivity index (χ3v) is 2.68. The van der Waals surface area contributed by atoms with E-state index in [4.69, 9.17) is 4.84 Å². The predicted molar refractivity (Wildman–Crippen MR) is 67.1 cm³/mol. The van der Waals surface area contributed by atoms with Crippen LogP contribution in [0.4, 0.5) is 0 Å². The fourth-order valence-corrected chi connectivity index (χ4v) is 1.53. The number of likely N-dealkylation sites (N-methyl/N-ethyl adjacent to an activating group) is 2. The maximum absolute atomic E-state index is 12.0. The monoisotopic (exact) mass is 239 g/mol. The highest BCUT2D eigenvalue weighted by Crippen LogP contribution is 2.21. The van der Waals surface area contributed by atoms with Crippen LogP contribution >= 0.6 is 0 Å². The molecule has 0 heterocycles. The van der Waals surface area contributed by atoms with Crippen molar-refractivity contribution in [1.29, 1.82) is 0 Å². The summed E-state index contributed by atoms with van der Waals surface area (Å²) in [7, 11) is 3.60. The Bertz CT molecular complexity index is 337. The summed E-state index contributed by atoms with van der Waals surface area (Å²) in [5.74, 6) is -0.323. The average Bonchev–Trinajstić information content (AvgIpc) is 2.35. The summed E-state index contributed by atoms with van der Waals surface area (Å²) in [6.07, 6.45) is 6.22. The zero-order chi connectivity index (χ0) is 12.9. The largest absolute Gasteiger partial charge is 0.388 e. The lowest BCUT2D eigenvalue weighted by Crippen LogP contribution is -2.52. The maximum atomic E-state index is 12.0. The van der Waals surface area contributed by atoms with Crippen molar-refractivity contribution in [2.24, 2.45) is 0 Å². The molecule has 5 nitrogen and oxygen atoms in total. The van der Waals surface area contributed by atoms with Crippen molar-refractivity contribution in [2.75, 3.05) is 14.1 Å². The van der Waals surface area contributed by atoms with E-state index in [1.807, 2.05) is 39.1 Å². The molecule has 0 fully saturated rings. The Balaban J connectivity index is 2.69. The first kappa shape index (κ1) is 13.7. The Hall–Kier alpha value is -1.33. The average molecular weight is 239 g/mol. The second-order valence-electron chi connectivity index (χ2n) is 4.33. The Morgan fingerprint density at radius 1 is 1.47 bits per heavy atom. The molecule has 0 aromatic carbocycles. The number of carbonyl (C=O) groups excluding carboxylic acids is 1. The highest BCUT2D eigenvalue weighted by Gasteiger charge is 2.37. The van der Waals surface area contributed by atoms with Gasteiger partial charge in [-0.3, -0.25) is 0 Å². The van der Waals surface area contributed by atoms with Gasteiger partial charge in [0.05, 0.1) is 0 Å². The first-order chi connectivity index (χ1) is 8.04. The first-order valence-corrected chi connectivity index (χ1v) is 5.77. The lowest BCUT2D eigenvalue weighted by atomic mass is 9.90. The maximum Gasteiger partial charge on any atom is 0.349 e. The van der Waals surface area contributed by atoms with Gasteiger partial charge < -0.3 is 15.5 Å². The van der Waals surface area contributed by atoms with Crippen LogP contribution in [0.2, 0.25) is 0 Å². The molecule has 0 radical (unpaired) electrons. The zero-order valence-electron chi connectivity index (χ0n) is 10.8. The van der Waals surface area contributed by atoms with E-state index >= 15 is 0 Å². The highest BCUT2D eigenvalue weighted by atomic mass is 16.7. The molecule has 1 unspecified atom stereocenters. The van der Waals surface area contributed by atoms with Crippen molar-refractivity contribution in [2.45, 2.75) is 31.8 Å². The minimum atomic E-state index is -0.776. The molecule has 0 aromatic heterocycles. The number of hydrogen-bond donors (Lipinski definition) is 3. The van der Waals surface area contributed by atoms with E-state index < -0.39 is 5.54 Å². The summed E-state index contributed by atoms with van der Waals surface area (Å²) < 4.78 is 0. The van der Waals surface area contributed by atoms with Gasteiger partial charge in [-0.1, -0.05) is 12.2 Å². The van der Waals surface area contributed by atoms with Crippen LogP contribution in [-0.2, 0) is 9.63 Å². The fourth-order valence-electron chi connectivity index (χ4n) is 1.53. The number of hydroxylamine groups is 1. The van der Waals surface area contributed by atoms with E-state index in [-0.39, 0.29) is 12.0 Å². The summed E-state index contributed by atoms with van der Waals surface area (Å²) in [5.41, 5.74) is 2.89. The van der Waals surface area contributed by atoms with Gasteiger partial charge in [-0.15, -0.1) is 0 Å². The van der Waals surface area contributed by atoms with Gasteiger partial charge in [0.15, 0.2) is 0 Å². The Morgan fingerprint density at radius 3 is 2.59 bits per heavy atom. The van der Waals surface area contributed by atoms with Crippen LogP contribution in [0.15, 0.2) is 23.9 Å².